The summed E-state index contributed by atoms with van der Waals surface area (Å²) in [6.45, 7) is 6.40. The van der Waals surface area contributed by atoms with E-state index in [4.69, 9.17) is 0 Å². The summed E-state index contributed by atoms with van der Waals surface area (Å²) >= 11 is 0. The lowest BCUT2D eigenvalue weighted by molar-refractivity contribution is 0.0985. The molecule has 1 aliphatic rings. The third-order valence-electron chi connectivity index (χ3n) is 5.10. The Bertz CT molecular complexity index is 1000. The van der Waals surface area contributed by atoms with Crippen molar-refractivity contribution in [3.8, 4) is 0 Å². The van der Waals surface area contributed by atoms with Crippen LogP contribution in [0.25, 0.3) is 0 Å². The third kappa shape index (κ3) is 3.69. The lowest BCUT2D eigenvalue weighted by atomic mass is 9.99. The summed E-state index contributed by atoms with van der Waals surface area (Å²) in [6.07, 6.45) is 1.72. The predicted octanol–water partition coefficient (Wildman–Crippen LogP) is 3.76. The molecule has 0 aliphatic carbocycles. The molecule has 7 heteroatoms. The van der Waals surface area contributed by atoms with Gasteiger partial charge >= 0.3 is 0 Å². The fourth-order valence-corrected chi connectivity index (χ4v) is 5.18. The number of halogens is 1. The molecule has 0 bridgehead atoms. The molecule has 2 aromatic carbocycles. The van der Waals surface area contributed by atoms with E-state index in [1.165, 1.54) is 10.4 Å². The molecule has 5 nitrogen and oxygen atoms in total. The summed E-state index contributed by atoms with van der Waals surface area (Å²) in [4.78, 5) is 14.3. The minimum atomic E-state index is -4.00. The van der Waals surface area contributed by atoms with E-state index in [2.05, 4.69) is 6.07 Å². The Morgan fingerprint density at radius 2 is 1.86 bits per heavy atom. The lowest BCUT2D eigenvalue weighted by Crippen LogP contribution is -2.36. The van der Waals surface area contributed by atoms with E-state index >= 15 is 0 Å². The number of rotatable bonds is 5. The van der Waals surface area contributed by atoms with E-state index in [9.17, 15) is 17.6 Å². The van der Waals surface area contributed by atoms with Crippen molar-refractivity contribution in [2.24, 2.45) is 0 Å². The molecule has 0 fully saturated rings. The molecule has 0 aromatic heterocycles. The molecule has 0 radical (unpaired) electrons. The summed E-state index contributed by atoms with van der Waals surface area (Å²) < 4.78 is 41.1. The van der Waals surface area contributed by atoms with Crippen LogP contribution in [0, 0.1) is 12.7 Å². The summed E-state index contributed by atoms with van der Waals surface area (Å²) in [7, 11) is -4.00. The molecule has 0 N–H and O–H groups in total. The number of carbonyl (C=O) groups excluding carboxylic acids is 1. The average molecular weight is 405 g/mol. The number of sulfonamides is 1. The van der Waals surface area contributed by atoms with Crippen molar-refractivity contribution in [2.75, 3.05) is 24.5 Å². The van der Waals surface area contributed by atoms with Crippen LogP contribution in [0.3, 0.4) is 0 Å². The molecular weight excluding hydrogens is 379 g/mol. The highest BCUT2D eigenvalue weighted by atomic mass is 32.2. The smallest absolute Gasteiger partial charge is 0.258 e. The van der Waals surface area contributed by atoms with Gasteiger partial charge in [0, 0.05) is 30.9 Å². The first kappa shape index (κ1) is 20.5. The lowest BCUT2D eigenvalue weighted by Gasteiger charge is -2.30. The van der Waals surface area contributed by atoms with Crippen molar-refractivity contribution in [3.05, 3.63) is 58.9 Å². The van der Waals surface area contributed by atoms with Crippen LogP contribution in [0.2, 0.25) is 0 Å². The molecule has 28 heavy (non-hydrogen) atoms. The molecule has 0 unspecified atom stereocenters. The van der Waals surface area contributed by atoms with Crippen LogP contribution >= 0.6 is 0 Å². The van der Waals surface area contributed by atoms with Crippen molar-refractivity contribution in [2.45, 2.75) is 38.5 Å². The number of fused-ring (bicyclic) bond motifs is 1. The van der Waals surface area contributed by atoms with Gasteiger partial charge in [0.05, 0.1) is 0 Å². The number of anilines is 1. The summed E-state index contributed by atoms with van der Waals surface area (Å²) in [5.41, 5.74) is 3.22. The van der Waals surface area contributed by atoms with Gasteiger partial charge in [0.1, 0.15) is 10.7 Å². The van der Waals surface area contributed by atoms with Crippen LogP contribution in [0.4, 0.5) is 10.1 Å². The second-order valence-electron chi connectivity index (χ2n) is 6.93. The van der Waals surface area contributed by atoms with Crippen molar-refractivity contribution < 1.29 is 17.6 Å². The van der Waals surface area contributed by atoms with E-state index in [0.29, 0.717) is 6.54 Å². The number of amides is 1. The molecule has 0 saturated heterocycles. The SMILES string of the molecule is CCN(CC)S(=O)(=O)c1cc(C(=O)N2CCCc3cc(C)ccc32)ccc1F. The number of hydrogen-bond acceptors (Lipinski definition) is 3. The first-order valence-electron chi connectivity index (χ1n) is 9.50. The second-order valence-corrected chi connectivity index (χ2v) is 8.83. The second kappa shape index (κ2) is 8.01. The summed E-state index contributed by atoms with van der Waals surface area (Å²) in [5, 5.41) is 0. The molecule has 1 amide bonds. The summed E-state index contributed by atoms with van der Waals surface area (Å²) in [5.74, 6) is -1.17. The van der Waals surface area contributed by atoms with Crippen molar-refractivity contribution in [3.63, 3.8) is 0 Å². The molecule has 1 aliphatic heterocycles. The molecule has 150 valence electrons. The first-order chi connectivity index (χ1) is 13.3. The number of hydrogen-bond donors (Lipinski definition) is 0. The predicted molar refractivity (Wildman–Crippen MR) is 108 cm³/mol. The van der Waals surface area contributed by atoms with Crippen molar-refractivity contribution in [1.29, 1.82) is 0 Å². The van der Waals surface area contributed by atoms with Gasteiger partial charge in [0.25, 0.3) is 5.91 Å². The minimum Gasteiger partial charge on any atom is -0.308 e. The fourth-order valence-electron chi connectivity index (χ4n) is 3.63. The number of nitrogens with zero attached hydrogens (tertiary/aromatic N) is 2. The largest absolute Gasteiger partial charge is 0.308 e. The molecule has 0 atom stereocenters. The zero-order valence-electron chi connectivity index (χ0n) is 16.4. The zero-order chi connectivity index (χ0) is 20.5. The third-order valence-corrected chi connectivity index (χ3v) is 7.17. The van der Waals surface area contributed by atoms with Crippen molar-refractivity contribution in [1.82, 2.24) is 4.31 Å². The Labute approximate surface area is 165 Å². The Morgan fingerprint density at radius 3 is 2.54 bits per heavy atom. The van der Waals surface area contributed by atoms with Crippen LogP contribution in [0.1, 0.15) is 41.8 Å². The highest BCUT2D eigenvalue weighted by Gasteiger charge is 2.29. The van der Waals surface area contributed by atoms with Gasteiger partial charge < -0.3 is 4.90 Å². The Morgan fingerprint density at radius 1 is 1.14 bits per heavy atom. The Balaban J connectivity index is 2.01. The maximum absolute atomic E-state index is 14.4. The highest BCUT2D eigenvalue weighted by Crippen LogP contribution is 2.30. The van der Waals surface area contributed by atoms with E-state index in [0.717, 1.165) is 41.8 Å². The fraction of sp³-hybridized carbons (Fsp3) is 0.381. The standard InChI is InChI=1S/C21H25FN2O3S/c1-4-23(5-2)28(26,27)20-14-17(9-10-18(20)22)21(25)24-12-6-7-16-13-15(3)8-11-19(16)24/h8-11,13-14H,4-7,12H2,1-3H3. The molecule has 0 spiro atoms. The molecule has 3 rings (SSSR count). The Hall–Kier alpha value is -2.25. The normalized spacial score (nSPS) is 14.2. The van der Waals surface area contributed by atoms with Crippen molar-refractivity contribution >= 4 is 21.6 Å². The molecular formula is C21H25FN2O3S. The molecule has 1 heterocycles. The first-order valence-corrected chi connectivity index (χ1v) is 10.9. The van der Waals surface area contributed by atoms with Crippen LogP contribution in [-0.2, 0) is 16.4 Å². The maximum Gasteiger partial charge on any atom is 0.258 e. The summed E-state index contributed by atoms with van der Waals surface area (Å²) in [6, 6.07) is 9.50. The van der Waals surface area contributed by atoms with Gasteiger partial charge in [-0.05, 0) is 49.6 Å². The van der Waals surface area contributed by atoms with Crippen LogP contribution in [0.5, 0.6) is 0 Å². The van der Waals surface area contributed by atoms with Crippen LogP contribution in [-0.4, -0.2) is 38.3 Å². The Kier molecular flexibility index (Phi) is 5.86. The number of carbonyl (C=O) groups is 1. The van der Waals surface area contributed by atoms with E-state index in [-0.39, 0.29) is 24.6 Å². The van der Waals surface area contributed by atoms with Gasteiger partial charge in [-0.25, -0.2) is 12.8 Å². The molecule has 0 saturated carbocycles. The monoisotopic (exact) mass is 404 g/mol. The van der Waals surface area contributed by atoms with E-state index < -0.39 is 20.7 Å². The van der Waals surface area contributed by atoms with Gasteiger partial charge in [0.2, 0.25) is 10.0 Å². The van der Waals surface area contributed by atoms with Gasteiger partial charge in [-0.15, -0.1) is 0 Å². The maximum atomic E-state index is 14.4. The highest BCUT2D eigenvalue weighted by molar-refractivity contribution is 7.89. The quantitative estimate of drug-likeness (QED) is 0.762. The molecule has 2 aromatic rings. The van der Waals surface area contributed by atoms with Gasteiger partial charge in [-0.3, -0.25) is 4.79 Å². The van der Waals surface area contributed by atoms with Gasteiger partial charge in [0.15, 0.2) is 0 Å². The van der Waals surface area contributed by atoms with Gasteiger partial charge in [-0.1, -0.05) is 31.5 Å². The van der Waals surface area contributed by atoms with Gasteiger partial charge in [-0.2, -0.15) is 4.31 Å². The number of benzene rings is 2. The average Bonchev–Trinajstić information content (AvgIpc) is 2.67. The zero-order valence-corrected chi connectivity index (χ0v) is 17.2. The number of aryl methyl sites for hydroxylation is 2. The van der Waals surface area contributed by atoms with Crippen LogP contribution in [0.15, 0.2) is 41.3 Å². The van der Waals surface area contributed by atoms with Crippen LogP contribution < -0.4 is 4.90 Å². The minimum absolute atomic E-state index is 0.167. The van der Waals surface area contributed by atoms with E-state index in [1.807, 2.05) is 19.1 Å². The topological polar surface area (TPSA) is 57.7 Å². The van der Waals surface area contributed by atoms with E-state index in [1.54, 1.807) is 18.7 Å².